The third-order valence-corrected chi connectivity index (χ3v) is 2.04. The minimum absolute atomic E-state index is 0.560. The van der Waals surface area contributed by atoms with E-state index in [9.17, 15) is 0 Å². The average molecular weight is 164 g/mol. The molecule has 0 aromatic carbocycles. The Morgan fingerprint density at radius 3 is 3.08 bits per heavy atom. The minimum Gasteiger partial charge on any atom is -0.423 e. The SMILES string of the molecule is OB(O)c1ccnc2c1CCN2. The molecule has 1 aliphatic heterocycles. The van der Waals surface area contributed by atoms with Gasteiger partial charge in [0.2, 0.25) is 0 Å². The molecule has 2 heterocycles. The molecular formula is C7H9BN2O2. The largest absolute Gasteiger partial charge is 0.488 e. The highest BCUT2D eigenvalue weighted by atomic mass is 16.4. The van der Waals surface area contributed by atoms with Gasteiger partial charge in [0.15, 0.2) is 0 Å². The zero-order valence-corrected chi connectivity index (χ0v) is 6.49. The van der Waals surface area contributed by atoms with Gasteiger partial charge >= 0.3 is 7.12 Å². The van der Waals surface area contributed by atoms with Crippen LogP contribution in [0.25, 0.3) is 0 Å². The molecule has 0 saturated heterocycles. The maximum Gasteiger partial charge on any atom is 0.488 e. The molecule has 0 radical (unpaired) electrons. The third kappa shape index (κ3) is 1.07. The number of anilines is 1. The number of hydrogen-bond donors (Lipinski definition) is 3. The Hall–Kier alpha value is -1.07. The standard InChI is InChI=1S/C7H9BN2O2/c11-8(12)6-2-4-10-7-5(6)1-3-9-7/h2,4,11-12H,1,3H2,(H,9,10). The monoisotopic (exact) mass is 164 g/mol. The van der Waals surface area contributed by atoms with E-state index in [1.807, 2.05) is 0 Å². The smallest absolute Gasteiger partial charge is 0.423 e. The van der Waals surface area contributed by atoms with E-state index >= 15 is 0 Å². The lowest BCUT2D eigenvalue weighted by Gasteiger charge is -2.04. The molecule has 0 fully saturated rings. The number of aromatic nitrogens is 1. The lowest BCUT2D eigenvalue weighted by atomic mass is 9.77. The van der Waals surface area contributed by atoms with Gasteiger partial charge in [-0.05, 0) is 23.5 Å². The van der Waals surface area contributed by atoms with Crippen LogP contribution in [0.5, 0.6) is 0 Å². The maximum atomic E-state index is 8.99. The second-order valence-electron chi connectivity index (χ2n) is 2.78. The molecule has 0 unspecified atom stereocenters. The first-order valence-electron chi connectivity index (χ1n) is 3.87. The van der Waals surface area contributed by atoms with Gasteiger partial charge in [-0.3, -0.25) is 0 Å². The van der Waals surface area contributed by atoms with E-state index < -0.39 is 7.12 Å². The van der Waals surface area contributed by atoms with Crippen LogP contribution in [0.1, 0.15) is 5.56 Å². The quantitative estimate of drug-likeness (QED) is 0.452. The van der Waals surface area contributed by atoms with Gasteiger partial charge in [-0.25, -0.2) is 4.98 Å². The number of nitrogens with zero attached hydrogens (tertiary/aromatic N) is 1. The van der Waals surface area contributed by atoms with Crippen LogP contribution in [-0.2, 0) is 6.42 Å². The molecule has 2 rings (SSSR count). The molecule has 1 aromatic heterocycles. The first kappa shape index (κ1) is 7.58. The maximum absolute atomic E-state index is 8.99. The van der Waals surface area contributed by atoms with Crippen molar-refractivity contribution in [2.45, 2.75) is 6.42 Å². The molecule has 0 spiro atoms. The van der Waals surface area contributed by atoms with Gasteiger partial charge < -0.3 is 15.4 Å². The summed E-state index contributed by atoms with van der Waals surface area (Å²) in [6.07, 6.45) is 2.39. The van der Waals surface area contributed by atoms with Crippen molar-refractivity contribution in [2.75, 3.05) is 11.9 Å². The van der Waals surface area contributed by atoms with Crippen LogP contribution in [0.2, 0.25) is 0 Å². The summed E-state index contributed by atoms with van der Waals surface area (Å²) in [5.41, 5.74) is 1.48. The number of hydrogen-bond acceptors (Lipinski definition) is 4. The van der Waals surface area contributed by atoms with Crippen LogP contribution in [0, 0.1) is 0 Å². The Bertz CT molecular complexity index is 303. The summed E-state index contributed by atoms with van der Waals surface area (Å²) in [6, 6.07) is 1.64. The molecule has 0 aliphatic carbocycles. The van der Waals surface area contributed by atoms with Crippen LogP contribution in [-0.4, -0.2) is 28.7 Å². The summed E-state index contributed by atoms with van der Waals surface area (Å²) in [6.45, 7) is 0.825. The van der Waals surface area contributed by atoms with Gasteiger partial charge in [0.25, 0.3) is 0 Å². The molecule has 1 aliphatic rings. The van der Waals surface area contributed by atoms with Crippen molar-refractivity contribution < 1.29 is 10.0 Å². The molecule has 12 heavy (non-hydrogen) atoms. The Balaban J connectivity index is 2.49. The van der Waals surface area contributed by atoms with Crippen LogP contribution in [0.4, 0.5) is 5.82 Å². The van der Waals surface area contributed by atoms with Gasteiger partial charge in [0, 0.05) is 12.7 Å². The molecule has 4 nitrogen and oxygen atoms in total. The van der Waals surface area contributed by atoms with Crippen LogP contribution < -0.4 is 10.8 Å². The van der Waals surface area contributed by atoms with E-state index in [0.29, 0.717) is 5.46 Å². The Morgan fingerprint density at radius 1 is 1.50 bits per heavy atom. The zero-order chi connectivity index (χ0) is 8.55. The normalized spacial score (nSPS) is 13.8. The molecular weight excluding hydrogens is 155 g/mol. The Kier molecular flexibility index (Phi) is 1.75. The molecule has 0 bridgehead atoms. The van der Waals surface area contributed by atoms with E-state index in [2.05, 4.69) is 10.3 Å². The number of nitrogens with one attached hydrogen (secondary N) is 1. The number of fused-ring (bicyclic) bond motifs is 1. The van der Waals surface area contributed by atoms with E-state index in [1.54, 1.807) is 12.3 Å². The zero-order valence-electron chi connectivity index (χ0n) is 6.49. The summed E-state index contributed by atoms with van der Waals surface area (Å²) in [5.74, 6) is 0.778. The Labute approximate surface area is 70.4 Å². The van der Waals surface area contributed by atoms with Crippen LogP contribution >= 0.6 is 0 Å². The van der Waals surface area contributed by atoms with Gasteiger partial charge in [-0.2, -0.15) is 0 Å². The minimum atomic E-state index is -1.39. The molecule has 62 valence electrons. The van der Waals surface area contributed by atoms with Crippen molar-refractivity contribution >= 4 is 18.4 Å². The molecule has 5 heteroatoms. The van der Waals surface area contributed by atoms with Crippen molar-refractivity contribution in [3.63, 3.8) is 0 Å². The average Bonchev–Trinajstić information content (AvgIpc) is 2.49. The van der Waals surface area contributed by atoms with Crippen molar-refractivity contribution in [3.05, 3.63) is 17.8 Å². The summed E-state index contributed by atoms with van der Waals surface area (Å²) in [4.78, 5) is 4.07. The topological polar surface area (TPSA) is 65.4 Å². The molecule has 0 saturated carbocycles. The number of pyridine rings is 1. The van der Waals surface area contributed by atoms with Gasteiger partial charge in [0.05, 0.1) is 0 Å². The van der Waals surface area contributed by atoms with Gasteiger partial charge in [-0.15, -0.1) is 0 Å². The van der Waals surface area contributed by atoms with E-state index in [0.717, 1.165) is 24.3 Å². The fraction of sp³-hybridized carbons (Fsp3) is 0.286. The first-order valence-corrected chi connectivity index (χ1v) is 3.87. The summed E-state index contributed by atoms with van der Waals surface area (Å²) < 4.78 is 0. The highest BCUT2D eigenvalue weighted by molar-refractivity contribution is 6.59. The highest BCUT2D eigenvalue weighted by Gasteiger charge is 2.21. The first-order chi connectivity index (χ1) is 5.79. The molecule has 1 aromatic rings. The Morgan fingerprint density at radius 2 is 2.33 bits per heavy atom. The molecule has 0 atom stereocenters. The summed E-state index contributed by atoms with van der Waals surface area (Å²) >= 11 is 0. The second-order valence-corrected chi connectivity index (χ2v) is 2.78. The van der Waals surface area contributed by atoms with Gasteiger partial charge in [0.1, 0.15) is 5.82 Å². The third-order valence-electron chi connectivity index (χ3n) is 2.04. The number of rotatable bonds is 1. The molecule has 0 amide bonds. The van der Waals surface area contributed by atoms with Gasteiger partial charge in [-0.1, -0.05) is 0 Å². The summed E-state index contributed by atoms with van der Waals surface area (Å²) in [5, 5.41) is 21.0. The van der Waals surface area contributed by atoms with Crippen molar-refractivity contribution in [2.24, 2.45) is 0 Å². The van der Waals surface area contributed by atoms with E-state index in [4.69, 9.17) is 10.0 Å². The van der Waals surface area contributed by atoms with Crippen LogP contribution in [0.3, 0.4) is 0 Å². The van der Waals surface area contributed by atoms with Crippen molar-refractivity contribution in [1.82, 2.24) is 4.98 Å². The highest BCUT2D eigenvalue weighted by Crippen LogP contribution is 2.15. The second kappa shape index (κ2) is 2.77. The fourth-order valence-electron chi connectivity index (χ4n) is 1.47. The summed E-state index contributed by atoms with van der Waals surface area (Å²) in [7, 11) is -1.39. The van der Waals surface area contributed by atoms with Crippen molar-refractivity contribution in [3.8, 4) is 0 Å². The van der Waals surface area contributed by atoms with E-state index in [1.165, 1.54) is 0 Å². The van der Waals surface area contributed by atoms with Crippen molar-refractivity contribution in [1.29, 1.82) is 0 Å². The van der Waals surface area contributed by atoms with E-state index in [-0.39, 0.29) is 0 Å². The predicted octanol–water partition coefficient (Wildman–Crippen LogP) is -1.27. The lowest BCUT2D eigenvalue weighted by molar-refractivity contribution is 0.425. The predicted molar refractivity (Wildman–Crippen MR) is 46.3 cm³/mol. The fourth-order valence-corrected chi connectivity index (χ4v) is 1.47. The van der Waals surface area contributed by atoms with Crippen LogP contribution in [0.15, 0.2) is 12.3 Å². The lowest BCUT2D eigenvalue weighted by Crippen LogP contribution is -2.32. The molecule has 3 N–H and O–H groups in total.